The Kier molecular flexibility index (Phi) is 8.01. The maximum absolute atomic E-state index is 2.24. The van der Waals surface area contributed by atoms with Gasteiger partial charge in [-0.05, 0) is 57.0 Å². The van der Waals surface area contributed by atoms with Gasteiger partial charge in [0.2, 0.25) is 0 Å². The van der Waals surface area contributed by atoms with E-state index in [1.807, 2.05) is 18.2 Å². The zero-order valence-corrected chi connectivity index (χ0v) is 20.9. The Hall–Kier alpha value is -4.68. The molecule has 6 rings (SSSR count). The van der Waals surface area contributed by atoms with Gasteiger partial charge < -0.3 is 0 Å². The Morgan fingerprint density at radius 1 is 0.243 bits per heavy atom. The minimum absolute atomic E-state index is 0.996. The van der Waals surface area contributed by atoms with Crippen molar-refractivity contribution in [3.8, 4) is 33.4 Å². The van der Waals surface area contributed by atoms with Crippen LogP contribution in [0.25, 0.3) is 33.4 Å². The molecule has 0 heterocycles. The SMILES string of the molecule is c1ccc(-c2cccc(-c3ccccc3)c2)cc1.c1ccc(Cc2ccc(-c3ccccc3)cc2)cc1. The summed E-state index contributed by atoms with van der Waals surface area (Å²) in [5, 5.41) is 0. The van der Waals surface area contributed by atoms with Crippen molar-refractivity contribution >= 4 is 0 Å². The van der Waals surface area contributed by atoms with Gasteiger partial charge >= 0.3 is 0 Å². The molecule has 6 aromatic carbocycles. The molecular formula is C37H30. The first kappa shape index (κ1) is 24.0. The second-order valence-corrected chi connectivity index (χ2v) is 9.04. The molecule has 6 aromatic rings. The molecule has 0 saturated carbocycles. The summed E-state index contributed by atoms with van der Waals surface area (Å²) in [4.78, 5) is 0. The zero-order valence-electron chi connectivity index (χ0n) is 20.9. The largest absolute Gasteiger partial charge is 0.0622 e. The van der Waals surface area contributed by atoms with Crippen LogP contribution in [0, 0.1) is 0 Å². The van der Waals surface area contributed by atoms with Gasteiger partial charge in [-0.2, -0.15) is 0 Å². The highest BCUT2D eigenvalue weighted by atomic mass is 14.1. The molecule has 0 N–H and O–H groups in total. The standard InChI is InChI=1S/C19H16.C18H14/c1-3-7-16(8-4-1)15-17-11-13-19(14-12-17)18-9-5-2-6-10-18;1-3-8-15(9-4-1)17-12-7-13-18(14-17)16-10-5-2-6-11-16/h1-14H,15H2;1-14H. The lowest BCUT2D eigenvalue weighted by molar-refractivity contribution is 1.19. The maximum atomic E-state index is 2.24. The molecule has 178 valence electrons. The van der Waals surface area contributed by atoms with Crippen molar-refractivity contribution in [3.05, 3.63) is 181 Å². The summed E-state index contributed by atoms with van der Waals surface area (Å²) in [6.45, 7) is 0. The molecule has 0 saturated heterocycles. The lowest BCUT2D eigenvalue weighted by atomic mass is 9.99. The zero-order chi connectivity index (χ0) is 25.1. The van der Waals surface area contributed by atoms with Crippen LogP contribution in [0.2, 0.25) is 0 Å². The molecular weight excluding hydrogens is 444 g/mol. The molecule has 0 amide bonds. The van der Waals surface area contributed by atoms with Gasteiger partial charge in [-0.25, -0.2) is 0 Å². The molecule has 0 atom stereocenters. The van der Waals surface area contributed by atoms with E-state index in [0.717, 1.165) is 6.42 Å². The molecule has 0 bridgehead atoms. The molecule has 0 nitrogen and oxygen atoms in total. The van der Waals surface area contributed by atoms with Crippen LogP contribution in [0.3, 0.4) is 0 Å². The summed E-state index contributed by atoms with van der Waals surface area (Å²) in [6, 6.07) is 59.5. The van der Waals surface area contributed by atoms with Crippen LogP contribution >= 0.6 is 0 Å². The van der Waals surface area contributed by atoms with Crippen LogP contribution in [0.1, 0.15) is 11.1 Å². The Bertz CT molecular complexity index is 1430. The van der Waals surface area contributed by atoms with E-state index in [2.05, 4.69) is 152 Å². The number of benzene rings is 6. The minimum atomic E-state index is 0.996. The van der Waals surface area contributed by atoms with Crippen LogP contribution in [0.5, 0.6) is 0 Å². The highest BCUT2D eigenvalue weighted by Gasteiger charge is 2.01. The molecule has 0 aliphatic carbocycles. The van der Waals surface area contributed by atoms with Crippen molar-refractivity contribution in [2.75, 3.05) is 0 Å². The highest BCUT2D eigenvalue weighted by molar-refractivity contribution is 5.72. The average Bonchev–Trinajstić information content (AvgIpc) is 3.00. The molecule has 0 aliphatic rings. The minimum Gasteiger partial charge on any atom is -0.0622 e. The number of rotatable bonds is 5. The fraction of sp³-hybridized carbons (Fsp3) is 0.0270. The Morgan fingerprint density at radius 2 is 0.568 bits per heavy atom. The molecule has 0 unspecified atom stereocenters. The van der Waals surface area contributed by atoms with Gasteiger partial charge in [0, 0.05) is 0 Å². The fourth-order valence-corrected chi connectivity index (χ4v) is 4.42. The predicted octanol–water partition coefficient (Wildman–Crippen LogP) is 9.96. The van der Waals surface area contributed by atoms with Gasteiger partial charge in [-0.3, -0.25) is 0 Å². The monoisotopic (exact) mass is 474 g/mol. The van der Waals surface area contributed by atoms with E-state index in [9.17, 15) is 0 Å². The molecule has 0 heteroatoms. The van der Waals surface area contributed by atoms with Gasteiger partial charge in [0.1, 0.15) is 0 Å². The van der Waals surface area contributed by atoms with Gasteiger partial charge in [0.25, 0.3) is 0 Å². The van der Waals surface area contributed by atoms with Crippen molar-refractivity contribution in [2.24, 2.45) is 0 Å². The second kappa shape index (κ2) is 12.3. The van der Waals surface area contributed by atoms with Gasteiger partial charge in [-0.1, -0.05) is 164 Å². The van der Waals surface area contributed by atoms with Crippen molar-refractivity contribution in [1.82, 2.24) is 0 Å². The first-order valence-electron chi connectivity index (χ1n) is 12.7. The summed E-state index contributed by atoms with van der Waals surface area (Å²) in [7, 11) is 0. The van der Waals surface area contributed by atoms with E-state index in [4.69, 9.17) is 0 Å². The molecule has 0 fully saturated rings. The Morgan fingerprint density at radius 3 is 1.03 bits per heavy atom. The Labute approximate surface area is 220 Å². The fourth-order valence-electron chi connectivity index (χ4n) is 4.42. The van der Waals surface area contributed by atoms with Crippen LogP contribution in [0.4, 0.5) is 0 Å². The molecule has 37 heavy (non-hydrogen) atoms. The van der Waals surface area contributed by atoms with Gasteiger partial charge in [0.05, 0.1) is 0 Å². The van der Waals surface area contributed by atoms with E-state index in [-0.39, 0.29) is 0 Å². The van der Waals surface area contributed by atoms with Gasteiger partial charge in [0.15, 0.2) is 0 Å². The summed E-state index contributed by atoms with van der Waals surface area (Å²) in [5.41, 5.74) is 10.3. The van der Waals surface area contributed by atoms with Crippen molar-refractivity contribution < 1.29 is 0 Å². The third-order valence-corrected chi connectivity index (χ3v) is 6.39. The third kappa shape index (κ3) is 6.72. The summed E-state index contributed by atoms with van der Waals surface area (Å²) >= 11 is 0. The molecule has 0 aromatic heterocycles. The lowest BCUT2D eigenvalue weighted by Crippen LogP contribution is -1.87. The Balaban J connectivity index is 0.000000152. The van der Waals surface area contributed by atoms with Crippen molar-refractivity contribution in [3.63, 3.8) is 0 Å². The number of hydrogen-bond acceptors (Lipinski definition) is 0. The normalized spacial score (nSPS) is 10.3. The first-order chi connectivity index (χ1) is 18.3. The molecule has 0 radical (unpaired) electrons. The van der Waals surface area contributed by atoms with Crippen LogP contribution in [-0.4, -0.2) is 0 Å². The predicted molar refractivity (Wildman–Crippen MR) is 158 cm³/mol. The van der Waals surface area contributed by atoms with E-state index in [0.29, 0.717) is 0 Å². The smallest absolute Gasteiger partial charge is 0.00258 e. The summed E-state index contributed by atoms with van der Waals surface area (Å²) in [6.07, 6.45) is 0.996. The summed E-state index contributed by atoms with van der Waals surface area (Å²) in [5.74, 6) is 0. The highest BCUT2D eigenvalue weighted by Crippen LogP contribution is 2.26. The third-order valence-electron chi connectivity index (χ3n) is 6.39. The quantitative estimate of drug-likeness (QED) is 0.233. The lowest BCUT2D eigenvalue weighted by Gasteiger charge is -2.05. The maximum Gasteiger partial charge on any atom is -0.00258 e. The molecule has 0 spiro atoms. The van der Waals surface area contributed by atoms with E-state index >= 15 is 0 Å². The van der Waals surface area contributed by atoms with E-state index in [1.54, 1.807) is 0 Å². The second-order valence-electron chi connectivity index (χ2n) is 9.04. The van der Waals surface area contributed by atoms with Crippen molar-refractivity contribution in [2.45, 2.75) is 6.42 Å². The van der Waals surface area contributed by atoms with Crippen molar-refractivity contribution in [1.29, 1.82) is 0 Å². The van der Waals surface area contributed by atoms with E-state index in [1.165, 1.54) is 44.5 Å². The first-order valence-corrected chi connectivity index (χ1v) is 12.7. The molecule has 0 aliphatic heterocycles. The summed E-state index contributed by atoms with van der Waals surface area (Å²) < 4.78 is 0. The van der Waals surface area contributed by atoms with Gasteiger partial charge in [-0.15, -0.1) is 0 Å². The van der Waals surface area contributed by atoms with Crippen LogP contribution < -0.4 is 0 Å². The van der Waals surface area contributed by atoms with Crippen LogP contribution in [-0.2, 0) is 6.42 Å². The number of hydrogen-bond donors (Lipinski definition) is 0. The van der Waals surface area contributed by atoms with E-state index < -0.39 is 0 Å². The average molecular weight is 475 g/mol. The topological polar surface area (TPSA) is 0 Å². The van der Waals surface area contributed by atoms with Crippen LogP contribution in [0.15, 0.2) is 170 Å².